The first-order chi connectivity index (χ1) is 12.1. The predicted octanol–water partition coefficient (Wildman–Crippen LogP) is 1.79. The summed E-state index contributed by atoms with van der Waals surface area (Å²) in [7, 11) is 3.46. The highest BCUT2D eigenvalue weighted by molar-refractivity contribution is 5.74. The summed E-state index contributed by atoms with van der Waals surface area (Å²) in [5.74, 6) is 1.48. The summed E-state index contributed by atoms with van der Waals surface area (Å²) < 4.78 is 18.4. The predicted molar refractivity (Wildman–Crippen MR) is 90.1 cm³/mol. The molecule has 0 aliphatic carbocycles. The fourth-order valence-corrected chi connectivity index (χ4v) is 2.88. The summed E-state index contributed by atoms with van der Waals surface area (Å²) >= 11 is 0. The van der Waals surface area contributed by atoms with Gasteiger partial charge < -0.3 is 24.1 Å². The van der Waals surface area contributed by atoms with Crippen molar-refractivity contribution >= 4 is 6.03 Å². The van der Waals surface area contributed by atoms with Crippen LogP contribution in [-0.4, -0.2) is 54.1 Å². The van der Waals surface area contributed by atoms with Gasteiger partial charge in [0.05, 0.1) is 26.0 Å². The van der Waals surface area contributed by atoms with Gasteiger partial charge in [0.1, 0.15) is 23.7 Å². The second-order valence-electron chi connectivity index (χ2n) is 6.16. The molecule has 0 radical (unpaired) electrons. The van der Waals surface area contributed by atoms with Gasteiger partial charge in [0, 0.05) is 32.5 Å². The Labute approximate surface area is 146 Å². The van der Waals surface area contributed by atoms with Crippen molar-refractivity contribution in [2.75, 3.05) is 33.4 Å². The van der Waals surface area contributed by atoms with E-state index in [1.54, 1.807) is 22.9 Å². The zero-order chi connectivity index (χ0) is 17.8. The quantitative estimate of drug-likeness (QED) is 0.891. The number of morpholine rings is 1. The molecule has 1 N–H and O–H groups in total. The normalized spacial score (nSPS) is 19.0. The number of methoxy groups -OCH3 is 1. The van der Waals surface area contributed by atoms with Crippen LogP contribution in [-0.2, 0) is 16.5 Å². The molecule has 0 aromatic carbocycles. The van der Waals surface area contributed by atoms with Gasteiger partial charge in [-0.3, -0.25) is 4.68 Å². The molecule has 1 fully saturated rings. The van der Waals surface area contributed by atoms with Crippen molar-refractivity contribution in [3.8, 4) is 0 Å². The molecule has 1 aliphatic rings. The van der Waals surface area contributed by atoms with Crippen LogP contribution in [0.2, 0.25) is 0 Å². The Morgan fingerprint density at radius 1 is 1.52 bits per heavy atom. The highest BCUT2D eigenvalue weighted by Gasteiger charge is 2.28. The van der Waals surface area contributed by atoms with Crippen LogP contribution in [0.5, 0.6) is 0 Å². The lowest BCUT2D eigenvalue weighted by Crippen LogP contribution is -2.48. The van der Waals surface area contributed by atoms with Crippen molar-refractivity contribution in [1.82, 2.24) is 20.0 Å². The molecule has 136 valence electrons. The first-order valence-electron chi connectivity index (χ1n) is 8.27. The fraction of sp³-hybridized carbons (Fsp3) is 0.529. The fourth-order valence-electron chi connectivity index (χ4n) is 2.88. The van der Waals surface area contributed by atoms with E-state index in [1.165, 1.54) is 0 Å². The lowest BCUT2D eigenvalue weighted by atomic mass is 10.1. The van der Waals surface area contributed by atoms with Gasteiger partial charge in [-0.15, -0.1) is 0 Å². The number of nitrogens with zero attached hydrogens (tertiary/aromatic N) is 3. The summed E-state index contributed by atoms with van der Waals surface area (Å²) in [4.78, 5) is 14.4. The third-order valence-corrected chi connectivity index (χ3v) is 4.19. The molecule has 8 heteroatoms. The van der Waals surface area contributed by atoms with Gasteiger partial charge in [-0.2, -0.15) is 5.10 Å². The van der Waals surface area contributed by atoms with E-state index in [-0.39, 0.29) is 18.2 Å². The minimum absolute atomic E-state index is 0.159. The number of furan rings is 1. The topological polar surface area (TPSA) is 81.8 Å². The van der Waals surface area contributed by atoms with Gasteiger partial charge in [-0.05, 0) is 19.1 Å². The Bertz CT molecular complexity index is 711. The van der Waals surface area contributed by atoms with Crippen LogP contribution in [0.15, 0.2) is 28.9 Å². The molecular weight excluding hydrogens is 324 g/mol. The molecule has 3 rings (SSSR count). The Kier molecular flexibility index (Phi) is 5.40. The van der Waals surface area contributed by atoms with Gasteiger partial charge in [-0.1, -0.05) is 0 Å². The van der Waals surface area contributed by atoms with Gasteiger partial charge in [0.25, 0.3) is 0 Å². The molecule has 2 aromatic rings. The average molecular weight is 348 g/mol. The third-order valence-electron chi connectivity index (χ3n) is 4.19. The van der Waals surface area contributed by atoms with E-state index in [9.17, 15) is 4.79 Å². The van der Waals surface area contributed by atoms with E-state index >= 15 is 0 Å². The zero-order valence-electron chi connectivity index (χ0n) is 14.8. The molecule has 2 unspecified atom stereocenters. The molecule has 1 aliphatic heterocycles. The van der Waals surface area contributed by atoms with Crippen molar-refractivity contribution in [3.05, 3.63) is 41.6 Å². The lowest BCUT2D eigenvalue weighted by Gasteiger charge is -2.33. The van der Waals surface area contributed by atoms with Crippen LogP contribution in [0.4, 0.5) is 4.79 Å². The molecule has 3 heterocycles. The van der Waals surface area contributed by atoms with Crippen LogP contribution in [0.3, 0.4) is 0 Å². The van der Waals surface area contributed by atoms with E-state index in [1.807, 2.05) is 32.3 Å². The van der Waals surface area contributed by atoms with Gasteiger partial charge in [0.2, 0.25) is 0 Å². The second kappa shape index (κ2) is 7.71. The summed E-state index contributed by atoms with van der Waals surface area (Å²) in [6, 6.07) is 3.24. The zero-order valence-corrected chi connectivity index (χ0v) is 14.8. The SMILES string of the molecule is COCC(NC(=O)N1CCOC(c2cnn(C)c2)C1)c1ccc(C)o1. The van der Waals surface area contributed by atoms with Crippen molar-refractivity contribution in [1.29, 1.82) is 0 Å². The van der Waals surface area contributed by atoms with Crippen LogP contribution in [0, 0.1) is 6.92 Å². The number of nitrogens with one attached hydrogen (secondary N) is 1. The molecule has 2 amide bonds. The van der Waals surface area contributed by atoms with Crippen LogP contribution in [0.25, 0.3) is 0 Å². The molecule has 2 atom stereocenters. The minimum Gasteiger partial charge on any atom is -0.464 e. The maximum atomic E-state index is 12.7. The smallest absolute Gasteiger partial charge is 0.318 e. The number of amides is 2. The number of aryl methyl sites for hydroxylation is 2. The maximum absolute atomic E-state index is 12.7. The van der Waals surface area contributed by atoms with Gasteiger partial charge in [-0.25, -0.2) is 4.79 Å². The highest BCUT2D eigenvalue weighted by atomic mass is 16.5. The average Bonchev–Trinajstić information content (AvgIpc) is 3.23. The van der Waals surface area contributed by atoms with Gasteiger partial charge in [0.15, 0.2) is 0 Å². The molecular formula is C17H24N4O4. The molecule has 1 saturated heterocycles. The second-order valence-corrected chi connectivity index (χ2v) is 6.16. The number of carbonyl (C=O) groups is 1. The van der Waals surface area contributed by atoms with Crippen LogP contribution < -0.4 is 5.32 Å². The number of rotatable bonds is 5. The summed E-state index contributed by atoms with van der Waals surface area (Å²) in [5.41, 5.74) is 0.968. The number of aromatic nitrogens is 2. The van der Waals surface area contributed by atoms with Crippen molar-refractivity contribution < 1.29 is 18.7 Å². The number of hydrogen-bond acceptors (Lipinski definition) is 5. The third kappa shape index (κ3) is 4.21. The molecule has 8 nitrogen and oxygen atoms in total. The van der Waals surface area contributed by atoms with E-state index < -0.39 is 0 Å². The number of ether oxygens (including phenoxy) is 2. The van der Waals surface area contributed by atoms with Crippen molar-refractivity contribution in [2.24, 2.45) is 7.05 Å². The number of carbonyl (C=O) groups excluding carboxylic acids is 1. The first-order valence-corrected chi connectivity index (χ1v) is 8.27. The van der Waals surface area contributed by atoms with E-state index in [0.29, 0.717) is 32.1 Å². The molecule has 0 spiro atoms. The molecule has 0 saturated carbocycles. The number of urea groups is 1. The lowest BCUT2D eigenvalue weighted by molar-refractivity contribution is -0.0163. The Morgan fingerprint density at radius 2 is 2.36 bits per heavy atom. The summed E-state index contributed by atoms with van der Waals surface area (Å²) in [6.07, 6.45) is 3.51. The largest absolute Gasteiger partial charge is 0.464 e. The van der Waals surface area contributed by atoms with Crippen LogP contribution in [0.1, 0.15) is 29.2 Å². The monoisotopic (exact) mass is 348 g/mol. The minimum atomic E-state index is -0.328. The van der Waals surface area contributed by atoms with Crippen molar-refractivity contribution in [2.45, 2.75) is 19.1 Å². The Balaban J connectivity index is 1.64. The number of hydrogen-bond donors (Lipinski definition) is 1. The van der Waals surface area contributed by atoms with E-state index in [4.69, 9.17) is 13.9 Å². The Morgan fingerprint density at radius 3 is 3.00 bits per heavy atom. The molecule has 25 heavy (non-hydrogen) atoms. The molecule has 0 bridgehead atoms. The van der Waals surface area contributed by atoms with Crippen LogP contribution >= 0.6 is 0 Å². The van der Waals surface area contributed by atoms with E-state index in [0.717, 1.165) is 11.3 Å². The summed E-state index contributed by atoms with van der Waals surface area (Å²) in [6.45, 7) is 3.72. The van der Waals surface area contributed by atoms with Crippen molar-refractivity contribution in [3.63, 3.8) is 0 Å². The Hall–Kier alpha value is -2.32. The summed E-state index contributed by atoms with van der Waals surface area (Å²) in [5, 5.41) is 7.15. The highest BCUT2D eigenvalue weighted by Crippen LogP contribution is 2.22. The maximum Gasteiger partial charge on any atom is 0.318 e. The molecule has 2 aromatic heterocycles. The first kappa shape index (κ1) is 17.5. The van der Waals surface area contributed by atoms with E-state index in [2.05, 4.69) is 10.4 Å². The van der Waals surface area contributed by atoms with Gasteiger partial charge >= 0.3 is 6.03 Å². The standard InChI is InChI=1S/C17H24N4O4/c1-12-4-5-15(25-12)14(11-23-3)19-17(22)21-6-7-24-16(10-21)13-8-18-20(2)9-13/h4-5,8-9,14,16H,6-7,10-11H2,1-3H3,(H,19,22).